The topological polar surface area (TPSA) is 74.8 Å². The number of imide groups is 2. The summed E-state index contributed by atoms with van der Waals surface area (Å²) in [4.78, 5) is 55.1. The minimum absolute atomic E-state index is 0.0766. The SMILES string of the molecule is O=C1[C@@H]2[C@@H](C(=O)N1c1ccc(-c3ccc(N4C(=O)[C@@H]5[C@H](C4=O)[C@@H]4C=C[C@H]5C4)cc3)cc1)[C@H]1C=C[C@H]2C1. The van der Waals surface area contributed by atoms with Gasteiger partial charge in [0.1, 0.15) is 0 Å². The van der Waals surface area contributed by atoms with E-state index in [4.69, 9.17) is 0 Å². The van der Waals surface area contributed by atoms with E-state index in [2.05, 4.69) is 24.3 Å². The molecule has 0 aromatic heterocycles. The number of rotatable bonds is 3. The molecule has 6 heteroatoms. The predicted octanol–water partition coefficient (Wildman–Crippen LogP) is 3.98. The molecule has 6 aliphatic rings. The molecule has 178 valence electrons. The molecule has 6 nitrogen and oxygen atoms in total. The molecule has 2 saturated carbocycles. The molecule has 0 radical (unpaired) electrons. The Labute approximate surface area is 208 Å². The van der Waals surface area contributed by atoms with Crippen LogP contribution >= 0.6 is 0 Å². The molecule has 8 atom stereocenters. The molecule has 2 aromatic rings. The summed E-state index contributed by atoms with van der Waals surface area (Å²) in [5.74, 6) is -0.359. The van der Waals surface area contributed by atoms with Crippen molar-refractivity contribution in [2.75, 3.05) is 9.80 Å². The minimum Gasteiger partial charge on any atom is -0.274 e. The number of hydrogen-bond donors (Lipinski definition) is 0. The van der Waals surface area contributed by atoms with E-state index in [1.807, 2.05) is 48.5 Å². The Bertz CT molecular complexity index is 1250. The quantitative estimate of drug-likeness (QED) is 0.496. The van der Waals surface area contributed by atoms with Crippen LogP contribution in [0, 0.1) is 47.3 Å². The Hall–Kier alpha value is -3.80. The number of carbonyl (C=O) groups excluding carboxylic acids is 4. The lowest BCUT2D eigenvalue weighted by Gasteiger charge is -2.18. The van der Waals surface area contributed by atoms with Crippen molar-refractivity contribution in [3.05, 3.63) is 72.8 Å². The molecular formula is C30H24N2O4. The highest BCUT2D eigenvalue weighted by atomic mass is 16.2. The van der Waals surface area contributed by atoms with E-state index >= 15 is 0 Å². The molecule has 2 aromatic carbocycles. The van der Waals surface area contributed by atoms with Gasteiger partial charge in [0.15, 0.2) is 0 Å². The zero-order chi connectivity index (χ0) is 24.3. The number of anilines is 2. The molecule has 0 unspecified atom stereocenters. The molecule has 2 heterocycles. The summed E-state index contributed by atoms with van der Waals surface area (Å²) < 4.78 is 0. The Morgan fingerprint density at radius 1 is 0.444 bits per heavy atom. The molecule has 0 N–H and O–H groups in total. The molecule has 4 bridgehead atoms. The van der Waals surface area contributed by atoms with Gasteiger partial charge in [0.2, 0.25) is 23.6 Å². The van der Waals surface area contributed by atoms with Crippen LogP contribution < -0.4 is 9.80 Å². The minimum atomic E-state index is -0.207. The number of nitrogens with zero attached hydrogens (tertiary/aromatic N) is 2. The number of amides is 4. The van der Waals surface area contributed by atoms with E-state index in [1.165, 1.54) is 9.80 Å². The van der Waals surface area contributed by atoms with Crippen LogP contribution in [0.4, 0.5) is 11.4 Å². The van der Waals surface area contributed by atoms with E-state index in [0.29, 0.717) is 11.4 Å². The van der Waals surface area contributed by atoms with Crippen LogP contribution in [-0.4, -0.2) is 23.6 Å². The molecule has 8 rings (SSSR count). The second kappa shape index (κ2) is 6.90. The third-order valence-electron chi connectivity index (χ3n) is 9.53. The van der Waals surface area contributed by atoms with E-state index in [9.17, 15) is 19.2 Å². The largest absolute Gasteiger partial charge is 0.274 e. The Morgan fingerprint density at radius 2 is 0.722 bits per heavy atom. The van der Waals surface area contributed by atoms with Crippen molar-refractivity contribution in [1.82, 2.24) is 0 Å². The van der Waals surface area contributed by atoms with Crippen LogP contribution in [0.2, 0.25) is 0 Å². The van der Waals surface area contributed by atoms with Crippen LogP contribution in [0.15, 0.2) is 72.8 Å². The maximum Gasteiger partial charge on any atom is 0.238 e. The summed E-state index contributed by atoms with van der Waals surface area (Å²) in [6.45, 7) is 0. The molecule has 2 aliphatic heterocycles. The number of allylic oxidation sites excluding steroid dienone is 4. The second-order valence-corrected chi connectivity index (χ2v) is 11.1. The Kier molecular flexibility index (Phi) is 3.91. The first-order valence-corrected chi connectivity index (χ1v) is 12.8. The van der Waals surface area contributed by atoms with E-state index in [1.54, 1.807) is 0 Å². The van der Waals surface area contributed by atoms with Crippen LogP contribution in [0.5, 0.6) is 0 Å². The second-order valence-electron chi connectivity index (χ2n) is 11.1. The van der Waals surface area contributed by atoms with Crippen LogP contribution in [0.1, 0.15) is 12.8 Å². The number of fused-ring (bicyclic) bond motifs is 10. The third-order valence-corrected chi connectivity index (χ3v) is 9.53. The van der Waals surface area contributed by atoms with Gasteiger partial charge in [0.05, 0.1) is 35.0 Å². The maximum atomic E-state index is 13.1. The molecule has 0 spiro atoms. The average molecular weight is 477 g/mol. The summed E-state index contributed by atoms with van der Waals surface area (Å²) in [6, 6.07) is 14.9. The third kappa shape index (κ3) is 2.47. The summed E-state index contributed by atoms with van der Waals surface area (Å²) in [7, 11) is 0. The molecule has 36 heavy (non-hydrogen) atoms. The lowest BCUT2D eigenvalue weighted by molar-refractivity contribution is -0.124. The molecular weight excluding hydrogens is 452 g/mol. The van der Waals surface area contributed by atoms with Gasteiger partial charge in [-0.15, -0.1) is 0 Å². The summed E-state index contributed by atoms with van der Waals surface area (Å²) >= 11 is 0. The Morgan fingerprint density at radius 3 is 1.00 bits per heavy atom. The first-order valence-electron chi connectivity index (χ1n) is 12.8. The molecule has 4 fully saturated rings. The predicted molar refractivity (Wildman–Crippen MR) is 132 cm³/mol. The van der Waals surface area contributed by atoms with Gasteiger partial charge < -0.3 is 0 Å². The smallest absolute Gasteiger partial charge is 0.238 e. The summed E-state index contributed by atoms with van der Waals surface area (Å²) in [5, 5.41) is 0. The average Bonchev–Trinajstić information content (AvgIpc) is 3.73. The van der Waals surface area contributed by atoms with Gasteiger partial charge in [0.25, 0.3) is 0 Å². The highest BCUT2D eigenvalue weighted by Crippen LogP contribution is 2.54. The lowest BCUT2D eigenvalue weighted by Crippen LogP contribution is -2.32. The van der Waals surface area contributed by atoms with E-state index in [0.717, 1.165) is 24.0 Å². The van der Waals surface area contributed by atoms with Crippen molar-refractivity contribution >= 4 is 35.0 Å². The van der Waals surface area contributed by atoms with E-state index < -0.39 is 0 Å². The van der Waals surface area contributed by atoms with Gasteiger partial charge in [-0.3, -0.25) is 29.0 Å². The summed E-state index contributed by atoms with van der Waals surface area (Å²) in [5.41, 5.74) is 3.10. The first kappa shape index (κ1) is 20.4. The lowest BCUT2D eigenvalue weighted by atomic mass is 9.85. The monoisotopic (exact) mass is 476 g/mol. The fourth-order valence-electron chi connectivity index (χ4n) is 7.92. The van der Waals surface area contributed by atoms with E-state index in [-0.39, 0.29) is 71.0 Å². The highest BCUT2D eigenvalue weighted by Gasteiger charge is 2.60. The molecule has 4 aliphatic carbocycles. The fourth-order valence-corrected chi connectivity index (χ4v) is 7.92. The van der Waals surface area contributed by atoms with Gasteiger partial charge >= 0.3 is 0 Å². The van der Waals surface area contributed by atoms with Crippen LogP contribution in [0.25, 0.3) is 11.1 Å². The number of benzene rings is 2. The van der Waals surface area contributed by atoms with Crippen LogP contribution in [-0.2, 0) is 19.2 Å². The van der Waals surface area contributed by atoms with Crippen molar-refractivity contribution in [1.29, 1.82) is 0 Å². The van der Waals surface area contributed by atoms with Gasteiger partial charge in [0, 0.05) is 0 Å². The fraction of sp³-hybridized carbons (Fsp3) is 0.333. The number of hydrogen-bond acceptors (Lipinski definition) is 4. The number of carbonyl (C=O) groups is 4. The standard InChI is InChI=1S/C30H24N2O4/c33-27-23-17-1-2-18(13-17)24(23)28(34)31(27)21-9-5-15(6-10-21)16-7-11-22(12-8-16)32-29(35)25-19-3-4-20(14-19)26(25)30(32)36/h1-12,17-20,23-26H,13-14H2/t17-,18-,19-,20+,23-,24-,25-,26+/m0/s1. The first-order chi connectivity index (χ1) is 17.5. The normalized spacial score (nSPS) is 37.1. The highest BCUT2D eigenvalue weighted by molar-refractivity contribution is 6.23. The van der Waals surface area contributed by atoms with Gasteiger partial charge in [-0.25, -0.2) is 0 Å². The van der Waals surface area contributed by atoms with Crippen molar-refractivity contribution in [2.45, 2.75) is 12.8 Å². The van der Waals surface area contributed by atoms with Crippen molar-refractivity contribution in [3.8, 4) is 11.1 Å². The maximum absolute atomic E-state index is 13.1. The van der Waals surface area contributed by atoms with Crippen LogP contribution in [0.3, 0.4) is 0 Å². The summed E-state index contributed by atoms with van der Waals surface area (Å²) in [6.07, 6.45) is 10.2. The molecule has 2 saturated heterocycles. The Balaban J connectivity index is 1.03. The molecule has 4 amide bonds. The zero-order valence-electron chi connectivity index (χ0n) is 19.5. The van der Waals surface area contributed by atoms with Gasteiger partial charge in [-0.05, 0) is 71.9 Å². The van der Waals surface area contributed by atoms with Crippen molar-refractivity contribution < 1.29 is 19.2 Å². The van der Waals surface area contributed by atoms with Gasteiger partial charge in [-0.2, -0.15) is 0 Å². The zero-order valence-corrected chi connectivity index (χ0v) is 19.5. The van der Waals surface area contributed by atoms with Crippen molar-refractivity contribution in [3.63, 3.8) is 0 Å². The van der Waals surface area contributed by atoms with Gasteiger partial charge in [-0.1, -0.05) is 48.6 Å². The van der Waals surface area contributed by atoms with Crippen molar-refractivity contribution in [2.24, 2.45) is 47.3 Å².